The van der Waals surface area contributed by atoms with Crippen LogP contribution in [0.25, 0.3) is 0 Å². The van der Waals surface area contributed by atoms with Crippen LogP contribution in [-0.2, 0) is 0 Å². The van der Waals surface area contributed by atoms with Crippen LogP contribution in [0.15, 0.2) is 54.7 Å². The largest absolute Gasteiger partial charge is 0.368 e. The predicted molar refractivity (Wildman–Crippen MR) is 117 cm³/mol. The van der Waals surface area contributed by atoms with Crippen LogP contribution in [0.3, 0.4) is 0 Å². The summed E-state index contributed by atoms with van der Waals surface area (Å²) in [6.07, 6.45) is 1.82. The summed E-state index contributed by atoms with van der Waals surface area (Å²) in [5.41, 5.74) is 4.68. The van der Waals surface area contributed by atoms with E-state index >= 15 is 0 Å². The Balaban J connectivity index is 1.44. The minimum atomic E-state index is 0.628. The molecule has 0 spiro atoms. The molecule has 0 bridgehead atoms. The molecule has 0 unspecified atom stereocenters. The molecular formula is C22H24ClN5. The Labute approximate surface area is 171 Å². The lowest BCUT2D eigenvalue weighted by molar-refractivity contribution is 0.647. The van der Waals surface area contributed by atoms with Crippen LogP contribution in [0.4, 0.5) is 23.1 Å². The van der Waals surface area contributed by atoms with E-state index in [4.69, 9.17) is 16.6 Å². The Hall–Kier alpha value is -2.79. The van der Waals surface area contributed by atoms with Gasteiger partial charge in [0.15, 0.2) is 0 Å². The van der Waals surface area contributed by atoms with Crippen molar-refractivity contribution in [1.29, 1.82) is 0 Å². The first-order valence-corrected chi connectivity index (χ1v) is 9.90. The van der Waals surface area contributed by atoms with Crippen LogP contribution < -0.4 is 15.1 Å². The highest BCUT2D eigenvalue weighted by Crippen LogP contribution is 2.24. The maximum absolute atomic E-state index is 6.13. The normalized spacial score (nSPS) is 14.2. The number of hydrogen-bond acceptors (Lipinski definition) is 5. The lowest BCUT2D eigenvalue weighted by Crippen LogP contribution is -2.46. The first-order valence-electron chi connectivity index (χ1n) is 9.52. The van der Waals surface area contributed by atoms with Gasteiger partial charge in [-0.15, -0.1) is 0 Å². The van der Waals surface area contributed by atoms with E-state index in [-0.39, 0.29) is 0 Å². The monoisotopic (exact) mass is 393 g/mol. The summed E-state index contributed by atoms with van der Waals surface area (Å²) < 4.78 is 0. The zero-order chi connectivity index (χ0) is 19.5. The molecular weight excluding hydrogens is 370 g/mol. The highest BCUT2D eigenvalue weighted by molar-refractivity contribution is 6.30. The molecule has 6 heteroatoms. The molecule has 0 amide bonds. The minimum absolute atomic E-state index is 0.628. The van der Waals surface area contributed by atoms with Crippen molar-refractivity contribution in [2.24, 2.45) is 0 Å². The molecule has 0 aliphatic carbocycles. The number of nitrogens with one attached hydrogen (secondary N) is 1. The number of halogens is 1. The maximum Gasteiger partial charge on any atom is 0.229 e. The predicted octanol–water partition coefficient (Wildman–Crippen LogP) is 4.82. The molecule has 1 aliphatic heterocycles. The highest BCUT2D eigenvalue weighted by atomic mass is 35.5. The topological polar surface area (TPSA) is 44.3 Å². The zero-order valence-electron chi connectivity index (χ0n) is 16.2. The average molecular weight is 394 g/mol. The fraction of sp³-hybridized carbons (Fsp3) is 0.273. The lowest BCUT2D eigenvalue weighted by atomic mass is 10.1. The van der Waals surface area contributed by atoms with Gasteiger partial charge in [0.05, 0.1) is 0 Å². The number of anilines is 4. The minimum Gasteiger partial charge on any atom is -0.368 e. The van der Waals surface area contributed by atoms with Gasteiger partial charge in [0.25, 0.3) is 0 Å². The molecule has 0 radical (unpaired) electrons. The summed E-state index contributed by atoms with van der Waals surface area (Å²) in [6, 6.07) is 16.2. The Bertz CT molecular complexity index is 967. The molecule has 4 rings (SSSR count). The summed E-state index contributed by atoms with van der Waals surface area (Å²) in [7, 11) is 0. The number of hydrogen-bond donors (Lipinski definition) is 1. The van der Waals surface area contributed by atoms with Gasteiger partial charge in [-0.1, -0.05) is 29.8 Å². The molecule has 0 atom stereocenters. The molecule has 2 heterocycles. The zero-order valence-corrected chi connectivity index (χ0v) is 16.9. The standard InChI is InChI=1S/C22H24ClN5/c1-16-5-3-8-20(17(16)2)25-22-24-10-9-21(26-22)28-13-11-27(12-14-28)19-7-4-6-18(23)15-19/h3-10,15H,11-14H2,1-2H3,(H,24,25,26). The van der Waals surface area contributed by atoms with E-state index in [1.807, 2.05) is 36.5 Å². The van der Waals surface area contributed by atoms with Crippen LogP contribution in [0.2, 0.25) is 5.02 Å². The van der Waals surface area contributed by atoms with Crippen LogP contribution in [0.1, 0.15) is 11.1 Å². The Morgan fingerprint density at radius 3 is 2.46 bits per heavy atom. The van der Waals surface area contributed by atoms with Crippen molar-refractivity contribution in [2.75, 3.05) is 41.3 Å². The van der Waals surface area contributed by atoms with Crippen molar-refractivity contribution >= 4 is 34.7 Å². The molecule has 5 nitrogen and oxygen atoms in total. The molecule has 1 N–H and O–H groups in total. The van der Waals surface area contributed by atoms with Crippen LogP contribution in [-0.4, -0.2) is 36.1 Å². The molecule has 144 valence electrons. The smallest absolute Gasteiger partial charge is 0.229 e. The van der Waals surface area contributed by atoms with Crippen molar-refractivity contribution in [3.8, 4) is 0 Å². The van der Waals surface area contributed by atoms with E-state index in [0.717, 1.165) is 42.7 Å². The van der Waals surface area contributed by atoms with Gasteiger partial charge in [-0.25, -0.2) is 4.98 Å². The van der Waals surface area contributed by atoms with E-state index in [9.17, 15) is 0 Å². The van der Waals surface area contributed by atoms with E-state index < -0.39 is 0 Å². The Morgan fingerprint density at radius 1 is 0.929 bits per heavy atom. The Morgan fingerprint density at radius 2 is 1.68 bits per heavy atom. The van der Waals surface area contributed by atoms with Crippen LogP contribution >= 0.6 is 11.6 Å². The van der Waals surface area contributed by atoms with Crippen molar-refractivity contribution in [2.45, 2.75) is 13.8 Å². The molecule has 1 aliphatic rings. The summed E-state index contributed by atoms with van der Waals surface area (Å²) in [6.45, 7) is 7.90. The van der Waals surface area contributed by atoms with Crippen molar-refractivity contribution in [1.82, 2.24) is 9.97 Å². The third-order valence-corrected chi connectivity index (χ3v) is 5.50. The van der Waals surface area contributed by atoms with Gasteiger partial charge in [0.2, 0.25) is 5.95 Å². The van der Waals surface area contributed by atoms with Gasteiger partial charge >= 0.3 is 0 Å². The van der Waals surface area contributed by atoms with Gasteiger partial charge in [0, 0.05) is 48.8 Å². The van der Waals surface area contributed by atoms with E-state index in [1.165, 1.54) is 16.8 Å². The van der Waals surface area contributed by atoms with Gasteiger partial charge in [0.1, 0.15) is 5.82 Å². The fourth-order valence-corrected chi connectivity index (χ4v) is 3.64. The second-order valence-corrected chi connectivity index (χ2v) is 7.50. The highest BCUT2D eigenvalue weighted by Gasteiger charge is 2.19. The molecule has 0 saturated carbocycles. The van der Waals surface area contributed by atoms with E-state index in [0.29, 0.717) is 5.95 Å². The molecule has 3 aromatic rings. The third-order valence-electron chi connectivity index (χ3n) is 5.27. The third kappa shape index (κ3) is 4.04. The van der Waals surface area contributed by atoms with Crippen molar-refractivity contribution in [3.63, 3.8) is 0 Å². The van der Waals surface area contributed by atoms with Crippen LogP contribution in [0, 0.1) is 13.8 Å². The lowest BCUT2D eigenvalue weighted by Gasteiger charge is -2.36. The van der Waals surface area contributed by atoms with Gasteiger partial charge < -0.3 is 15.1 Å². The summed E-state index contributed by atoms with van der Waals surface area (Å²) in [4.78, 5) is 13.8. The number of aryl methyl sites for hydroxylation is 1. The van der Waals surface area contributed by atoms with Gasteiger partial charge in [-0.05, 0) is 55.3 Å². The molecule has 1 saturated heterocycles. The quantitative estimate of drug-likeness (QED) is 0.688. The average Bonchev–Trinajstić information content (AvgIpc) is 2.72. The van der Waals surface area contributed by atoms with E-state index in [1.54, 1.807) is 0 Å². The van der Waals surface area contributed by atoms with Gasteiger partial charge in [-0.2, -0.15) is 4.98 Å². The number of rotatable bonds is 4. The van der Waals surface area contributed by atoms with E-state index in [2.05, 4.69) is 52.1 Å². The second-order valence-electron chi connectivity index (χ2n) is 7.06. The summed E-state index contributed by atoms with van der Waals surface area (Å²) in [5.74, 6) is 1.58. The van der Waals surface area contributed by atoms with Gasteiger partial charge in [-0.3, -0.25) is 0 Å². The van der Waals surface area contributed by atoms with Crippen molar-refractivity contribution in [3.05, 3.63) is 70.9 Å². The summed E-state index contributed by atoms with van der Waals surface area (Å²) >= 11 is 6.13. The van der Waals surface area contributed by atoms with Crippen molar-refractivity contribution < 1.29 is 0 Å². The SMILES string of the molecule is Cc1cccc(Nc2nccc(N3CCN(c4cccc(Cl)c4)CC3)n2)c1C. The maximum atomic E-state index is 6.13. The molecule has 28 heavy (non-hydrogen) atoms. The Kier molecular flexibility index (Phi) is 5.35. The molecule has 1 aromatic heterocycles. The second kappa shape index (κ2) is 8.07. The summed E-state index contributed by atoms with van der Waals surface area (Å²) in [5, 5.41) is 4.14. The van der Waals surface area contributed by atoms with Crippen LogP contribution in [0.5, 0.6) is 0 Å². The first-order chi connectivity index (χ1) is 13.6. The number of aromatic nitrogens is 2. The number of piperazine rings is 1. The molecule has 2 aromatic carbocycles. The number of nitrogens with zero attached hydrogens (tertiary/aromatic N) is 4. The fourth-order valence-electron chi connectivity index (χ4n) is 3.46. The first kappa shape index (κ1) is 18.6. The number of benzene rings is 2. The molecule has 1 fully saturated rings.